The van der Waals surface area contributed by atoms with Crippen molar-refractivity contribution < 1.29 is 0 Å². The van der Waals surface area contributed by atoms with Gasteiger partial charge in [0, 0.05) is 0 Å². The van der Waals surface area contributed by atoms with E-state index in [9.17, 15) is 0 Å². The van der Waals surface area contributed by atoms with Crippen molar-refractivity contribution in [2.24, 2.45) is 101 Å². The summed E-state index contributed by atoms with van der Waals surface area (Å²) in [5.74, 6) is 7.20. The maximum atomic E-state index is 3.00. The number of hydrogen-bond acceptors (Lipinski definition) is 0. The van der Waals surface area contributed by atoms with E-state index in [1.807, 2.05) is 13.8 Å². The van der Waals surface area contributed by atoms with Gasteiger partial charge in [-0.3, -0.25) is 0 Å². The molecule has 6 rings (SSSR count). The molecule has 0 N–H and O–H groups in total. The van der Waals surface area contributed by atoms with Crippen LogP contribution in [0.5, 0.6) is 0 Å². The van der Waals surface area contributed by atoms with Gasteiger partial charge in [0.15, 0.2) is 0 Å². The van der Waals surface area contributed by atoms with Crippen molar-refractivity contribution in [1.82, 2.24) is 0 Å². The second-order valence-electron chi connectivity index (χ2n) is 30.1. The normalized spacial score (nSPS) is 44.6. The average Bonchev–Trinajstić information content (AvgIpc) is 3.66. The summed E-state index contributed by atoms with van der Waals surface area (Å²) in [5.41, 5.74) is 5.26. The first-order valence-electron chi connectivity index (χ1n) is 29.4. The molecular formula is C65H124. The highest BCUT2D eigenvalue weighted by Crippen LogP contribution is 2.76. The Labute approximate surface area is 412 Å². The van der Waals surface area contributed by atoms with Gasteiger partial charge < -0.3 is 0 Å². The molecule has 6 saturated carbocycles. The van der Waals surface area contributed by atoms with Crippen molar-refractivity contribution in [3.05, 3.63) is 13.2 Å². The van der Waals surface area contributed by atoms with Gasteiger partial charge in [-0.1, -0.05) is 204 Å². The Balaban J connectivity index is 0.000000321. The molecule has 0 saturated heterocycles. The van der Waals surface area contributed by atoms with Gasteiger partial charge in [0.1, 0.15) is 0 Å². The molecule has 0 aromatic heterocycles. The number of hydrogen-bond donors (Lipinski definition) is 0. The summed E-state index contributed by atoms with van der Waals surface area (Å²) in [7, 11) is 0. The third-order valence-electron chi connectivity index (χ3n) is 24.1. The Morgan fingerprint density at radius 1 is 0.462 bits per heavy atom. The Hall–Kier alpha value is -0.260. The lowest BCUT2D eigenvalue weighted by Crippen LogP contribution is -2.60. The molecular weight excluding hydrogens is 781 g/mol. The zero-order chi connectivity index (χ0) is 49.9. The van der Waals surface area contributed by atoms with E-state index in [-0.39, 0.29) is 0 Å². The van der Waals surface area contributed by atoms with Crippen LogP contribution in [0.15, 0.2) is 13.2 Å². The van der Waals surface area contributed by atoms with Gasteiger partial charge in [0.2, 0.25) is 0 Å². The topological polar surface area (TPSA) is 0 Å². The highest BCUT2D eigenvalue weighted by molar-refractivity contribution is 5.17. The Morgan fingerprint density at radius 3 is 1.35 bits per heavy atom. The molecule has 65 heavy (non-hydrogen) atoms. The maximum absolute atomic E-state index is 3.00. The Morgan fingerprint density at radius 2 is 0.877 bits per heavy atom. The Kier molecular flexibility index (Phi) is 20.0. The minimum Gasteiger partial charge on any atom is -0.106 e. The molecule has 0 aromatic rings. The molecule has 11 atom stereocenters. The van der Waals surface area contributed by atoms with Crippen LogP contribution in [0.1, 0.15) is 300 Å². The molecule has 6 aliphatic rings. The summed E-state index contributed by atoms with van der Waals surface area (Å²) in [6.45, 7) is 61.7. The number of unbranched alkanes of at least 4 members (excludes halogenated alkanes) is 1. The van der Waals surface area contributed by atoms with E-state index in [1.165, 1.54) is 148 Å². The molecule has 0 aromatic carbocycles. The quantitative estimate of drug-likeness (QED) is 0.143. The summed E-state index contributed by atoms with van der Waals surface area (Å²) in [4.78, 5) is 0. The molecule has 6 fully saturated rings. The molecule has 0 bridgehead atoms. The van der Waals surface area contributed by atoms with E-state index < -0.39 is 0 Å². The van der Waals surface area contributed by atoms with E-state index in [2.05, 4.69) is 152 Å². The lowest BCUT2D eigenvalue weighted by molar-refractivity contribution is -0.183. The first-order chi connectivity index (χ1) is 29.9. The van der Waals surface area contributed by atoms with Crippen LogP contribution in [0.25, 0.3) is 0 Å². The second-order valence-corrected chi connectivity index (χ2v) is 30.1. The van der Waals surface area contributed by atoms with Crippen LogP contribution in [0, 0.1) is 101 Å². The van der Waals surface area contributed by atoms with Crippen LogP contribution in [-0.2, 0) is 0 Å². The van der Waals surface area contributed by atoms with Gasteiger partial charge in [0.05, 0.1) is 0 Å². The fourth-order valence-electron chi connectivity index (χ4n) is 18.5. The van der Waals surface area contributed by atoms with E-state index >= 15 is 0 Å². The first-order valence-corrected chi connectivity index (χ1v) is 29.4. The van der Waals surface area contributed by atoms with Gasteiger partial charge in [-0.15, -0.1) is 13.2 Å². The predicted octanol–water partition coefficient (Wildman–Crippen LogP) is 22.0. The average molecular weight is 906 g/mol. The molecule has 0 amide bonds. The molecule has 0 aliphatic heterocycles. The third kappa shape index (κ3) is 11.6. The molecule has 384 valence electrons. The summed E-state index contributed by atoms with van der Waals surface area (Å²) < 4.78 is 0. The lowest BCUT2D eigenvalue weighted by Gasteiger charge is -2.67. The van der Waals surface area contributed by atoms with Crippen LogP contribution < -0.4 is 0 Å². The SMILES string of the molecule is C=C.CC.CC1CCC(C)(C2(C)CCC3(C)C(C(C)CCCC(C)(C)C)CCC3(C)C2C)CC1.CC1CCC(C)(C2(C)CCC3(C)C(CCCCC(C)(C)C)CCC3(C)C2C(C)C)CC1. The maximum Gasteiger partial charge on any atom is -0.0233 e. The summed E-state index contributed by atoms with van der Waals surface area (Å²) in [5, 5.41) is 0. The second kappa shape index (κ2) is 22.0. The molecule has 0 nitrogen and oxygen atoms in total. The Bertz CT molecular complexity index is 1420. The smallest absolute Gasteiger partial charge is 0.0233 e. The zero-order valence-corrected chi connectivity index (χ0v) is 49.3. The van der Waals surface area contributed by atoms with E-state index in [1.54, 1.807) is 0 Å². The van der Waals surface area contributed by atoms with Crippen LogP contribution in [0.3, 0.4) is 0 Å². The van der Waals surface area contributed by atoms with E-state index in [4.69, 9.17) is 0 Å². The summed E-state index contributed by atoms with van der Waals surface area (Å²) in [6.07, 6.45) is 33.5. The molecule has 11 unspecified atom stereocenters. The minimum absolute atomic E-state index is 0.488. The third-order valence-corrected chi connectivity index (χ3v) is 24.1. The van der Waals surface area contributed by atoms with Gasteiger partial charge in [-0.05, 0) is 198 Å². The fourth-order valence-corrected chi connectivity index (χ4v) is 18.5. The van der Waals surface area contributed by atoms with Crippen molar-refractivity contribution in [2.75, 3.05) is 0 Å². The summed E-state index contributed by atoms with van der Waals surface area (Å²) in [6, 6.07) is 0. The van der Waals surface area contributed by atoms with Gasteiger partial charge in [0.25, 0.3) is 0 Å². The molecule has 0 radical (unpaired) electrons. The number of fused-ring (bicyclic) bond motifs is 2. The first kappa shape index (κ1) is 59.1. The fraction of sp³-hybridized carbons (Fsp3) is 0.969. The van der Waals surface area contributed by atoms with E-state index in [0.717, 1.165) is 47.3 Å². The van der Waals surface area contributed by atoms with Gasteiger partial charge in [-0.25, -0.2) is 0 Å². The van der Waals surface area contributed by atoms with Crippen molar-refractivity contribution >= 4 is 0 Å². The minimum atomic E-state index is 0.488. The molecule has 0 heteroatoms. The van der Waals surface area contributed by atoms with Crippen LogP contribution in [-0.4, -0.2) is 0 Å². The molecule has 6 aliphatic carbocycles. The van der Waals surface area contributed by atoms with Crippen molar-refractivity contribution in [2.45, 2.75) is 300 Å². The van der Waals surface area contributed by atoms with E-state index in [0.29, 0.717) is 54.1 Å². The van der Waals surface area contributed by atoms with Gasteiger partial charge in [-0.2, -0.15) is 0 Å². The summed E-state index contributed by atoms with van der Waals surface area (Å²) >= 11 is 0. The molecule has 0 spiro atoms. The number of rotatable bonds is 11. The lowest BCUT2D eigenvalue weighted by atomic mass is 9.38. The monoisotopic (exact) mass is 905 g/mol. The largest absolute Gasteiger partial charge is 0.106 e. The molecule has 0 heterocycles. The standard InChI is InChI=1S/C31H58.C30H56.C2H6.C2H4/c1-23(2)26-30(9,28(7)18-14-24(3)15-19-28)22-21-29(8)25(16-20-31(26,29)10)13-11-12-17-27(4,5)6;1-22-13-17-27(7,18-14-22)28(8)20-21-30(10)25(15-19-29(30,9)24(28)3)23(2)12-11-16-26(4,5)6;2*1-2/h23-26H,11-22H2,1-10H3;22-25H,11-21H2,1-10H3;1-2H3;1-2H2. The zero-order valence-electron chi connectivity index (χ0n) is 49.3. The van der Waals surface area contributed by atoms with Crippen LogP contribution in [0.2, 0.25) is 0 Å². The van der Waals surface area contributed by atoms with Crippen molar-refractivity contribution in [3.8, 4) is 0 Å². The predicted molar refractivity (Wildman–Crippen MR) is 295 cm³/mol. The highest BCUT2D eigenvalue weighted by Gasteiger charge is 2.68. The van der Waals surface area contributed by atoms with Crippen LogP contribution in [0.4, 0.5) is 0 Å². The van der Waals surface area contributed by atoms with Gasteiger partial charge >= 0.3 is 0 Å². The van der Waals surface area contributed by atoms with Crippen molar-refractivity contribution in [3.63, 3.8) is 0 Å². The van der Waals surface area contributed by atoms with Crippen molar-refractivity contribution in [1.29, 1.82) is 0 Å². The van der Waals surface area contributed by atoms with Crippen LogP contribution >= 0.6 is 0 Å². The highest BCUT2D eigenvalue weighted by atomic mass is 14.7.